The van der Waals surface area contributed by atoms with Crippen LogP contribution in [0.4, 0.5) is 18.9 Å². The summed E-state index contributed by atoms with van der Waals surface area (Å²) in [5, 5.41) is 2.82. The van der Waals surface area contributed by atoms with Crippen LogP contribution >= 0.6 is 0 Å². The Bertz CT molecular complexity index is 1700. The largest absolute Gasteiger partial charge is 0.416 e. The van der Waals surface area contributed by atoms with Gasteiger partial charge in [0.25, 0.3) is 11.8 Å². The van der Waals surface area contributed by atoms with Gasteiger partial charge in [-0.15, -0.1) is 0 Å². The molecule has 210 valence electrons. The van der Waals surface area contributed by atoms with E-state index in [0.29, 0.717) is 34.5 Å². The van der Waals surface area contributed by atoms with Crippen LogP contribution in [0.3, 0.4) is 0 Å². The van der Waals surface area contributed by atoms with Crippen LogP contribution in [0.25, 0.3) is 22.3 Å². The topological polar surface area (TPSA) is 49.4 Å². The average molecular weight is 565 g/mol. The first-order valence-electron chi connectivity index (χ1n) is 13.3. The van der Waals surface area contributed by atoms with Crippen LogP contribution in [-0.4, -0.2) is 23.8 Å². The van der Waals surface area contributed by atoms with Crippen molar-refractivity contribution < 1.29 is 22.8 Å². The first-order chi connectivity index (χ1) is 20.2. The molecule has 0 aliphatic carbocycles. The molecular formula is C35H27F3N2O2. The lowest BCUT2D eigenvalue weighted by Crippen LogP contribution is -2.26. The molecule has 42 heavy (non-hydrogen) atoms. The van der Waals surface area contributed by atoms with Crippen molar-refractivity contribution in [1.82, 2.24) is 4.90 Å². The highest BCUT2D eigenvalue weighted by molar-refractivity contribution is 6.09. The summed E-state index contributed by atoms with van der Waals surface area (Å²) >= 11 is 0. The smallest absolute Gasteiger partial charge is 0.337 e. The molecule has 5 rings (SSSR count). The van der Waals surface area contributed by atoms with E-state index in [4.69, 9.17) is 0 Å². The Morgan fingerprint density at radius 1 is 0.690 bits per heavy atom. The minimum Gasteiger partial charge on any atom is -0.337 e. The Morgan fingerprint density at radius 3 is 2.00 bits per heavy atom. The molecule has 5 aromatic rings. The fraction of sp³-hybridized carbons (Fsp3) is 0.0857. The molecule has 0 aliphatic rings. The van der Waals surface area contributed by atoms with Crippen LogP contribution in [-0.2, 0) is 12.7 Å². The summed E-state index contributed by atoms with van der Waals surface area (Å²) in [4.78, 5) is 28.1. The molecule has 0 saturated heterocycles. The number of benzene rings is 5. The molecule has 0 saturated carbocycles. The van der Waals surface area contributed by atoms with E-state index in [2.05, 4.69) is 5.32 Å². The van der Waals surface area contributed by atoms with Crippen molar-refractivity contribution in [2.45, 2.75) is 12.7 Å². The van der Waals surface area contributed by atoms with Gasteiger partial charge in [0.05, 0.1) is 5.56 Å². The van der Waals surface area contributed by atoms with Crippen molar-refractivity contribution in [2.24, 2.45) is 0 Å². The number of rotatable bonds is 7. The lowest BCUT2D eigenvalue weighted by Gasteiger charge is -2.18. The molecular weight excluding hydrogens is 537 g/mol. The average Bonchev–Trinajstić information content (AvgIpc) is 3.01. The van der Waals surface area contributed by atoms with Crippen molar-refractivity contribution in [3.63, 3.8) is 0 Å². The number of carbonyl (C=O) groups excluding carboxylic acids is 2. The summed E-state index contributed by atoms with van der Waals surface area (Å²) in [6.45, 7) is 0.408. The van der Waals surface area contributed by atoms with Crippen molar-refractivity contribution in [2.75, 3.05) is 12.4 Å². The fourth-order valence-electron chi connectivity index (χ4n) is 4.70. The predicted octanol–water partition coefficient (Wildman–Crippen LogP) is 8.56. The summed E-state index contributed by atoms with van der Waals surface area (Å²) in [5.41, 5.74) is 4.54. The Morgan fingerprint density at radius 2 is 1.31 bits per heavy atom. The Balaban J connectivity index is 1.27. The van der Waals surface area contributed by atoms with Gasteiger partial charge in [0, 0.05) is 30.4 Å². The van der Waals surface area contributed by atoms with Crippen molar-refractivity contribution in [1.29, 1.82) is 0 Å². The van der Waals surface area contributed by atoms with Gasteiger partial charge in [0.2, 0.25) is 0 Å². The Kier molecular flexibility index (Phi) is 8.20. The molecule has 0 aromatic heterocycles. The Hall–Kier alpha value is -5.17. The van der Waals surface area contributed by atoms with Crippen LogP contribution in [0, 0.1) is 0 Å². The second kappa shape index (κ2) is 12.1. The quantitative estimate of drug-likeness (QED) is 0.215. The zero-order chi connectivity index (χ0) is 29.7. The molecule has 5 aromatic carbocycles. The molecule has 0 atom stereocenters. The summed E-state index contributed by atoms with van der Waals surface area (Å²) in [6, 6.07) is 36.1. The Labute approximate surface area is 242 Å². The SMILES string of the molecule is CN(Cc1ccc(-c2ccccc2)cc1)C(=O)c1cccc(NC(=O)c2ccccc2-c2ccc(C(F)(F)F)cc2)c1. The van der Waals surface area contributed by atoms with Crippen molar-refractivity contribution in [3.8, 4) is 22.3 Å². The summed E-state index contributed by atoms with van der Waals surface area (Å²) in [7, 11) is 1.72. The van der Waals surface area contributed by atoms with E-state index < -0.39 is 17.6 Å². The minimum atomic E-state index is -4.45. The summed E-state index contributed by atoms with van der Waals surface area (Å²) in [5.74, 6) is -0.648. The lowest BCUT2D eigenvalue weighted by molar-refractivity contribution is -0.137. The number of hydrogen-bond acceptors (Lipinski definition) is 2. The molecule has 0 aliphatic heterocycles. The maximum Gasteiger partial charge on any atom is 0.416 e. The first kappa shape index (κ1) is 28.4. The summed E-state index contributed by atoms with van der Waals surface area (Å²) < 4.78 is 39.0. The normalized spacial score (nSPS) is 11.1. The molecule has 0 spiro atoms. The van der Waals surface area contributed by atoms with Gasteiger partial charge in [-0.25, -0.2) is 0 Å². The molecule has 0 unspecified atom stereocenters. The molecule has 7 heteroatoms. The highest BCUT2D eigenvalue weighted by atomic mass is 19.4. The molecule has 2 amide bonds. The number of halogens is 3. The molecule has 0 fully saturated rings. The van der Waals surface area contributed by atoms with Gasteiger partial charge in [-0.1, -0.05) is 91.0 Å². The highest BCUT2D eigenvalue weighted by Gasteiger charge is 2.30. The van der Waals surface area contributed by atoms with E-state index in [1.807, 2.05) is 54.6 Å². The van der Waals surface area contributed by atoms with Crippen molar-refractivity contribution >= 4 is 17.5 Å². The second-order valence-corrected chi connectivity index (χ2v) is 9.88. The standard InChI is InChI=1S/C35H27F3N2O2/c1-40(23-24-14-16-26(17-15-24)25-8-3-2-4-9-25)34(42)28-10-7-11-30(22-28)39-33(41)32-13-6-5-12-31(32)27-18-20-29(21-19-27)35(36,37)38/h2-22H,23H2,1H3,(H,39,41). The van der Waals surface area contributed by atoms with Gasteiger partial charge in [-0.2, -0.15) is 13.2 Å². The number of hydrogen-bond donors (Lipinski definition) is 1. The van der Waals surface area contributed by atoms with Gasteiger partial charge < -0.3 is 10.2 Å². The van der Waals surface area contributed by atoms with Crippen LogP contribution in [0.2, 0.25) is 0 Å². The van der Waals surface area contributed by atoms with Gasteiger partial charge >= 0.3 is 6.18 Å². The number of nitrogens with one attached hydrogen (secondary N) is 1. The van der Waals surface area contributed by atoms with Gasteiger partial charge in [0.1, 0.15) is 0 Å². The lowest BCUT2D eigenvalue weighted by atomic mass is 9.98. The third kappa shape index (κ3) is 6.58. The summed E-state index contributed by atoms with van der Waals surface area (Å²) in [6.07, 6.45) is -4.45. The van der Waals surface area contributed by atoms with Crippen LogP contribution in [0.15, 0.2) is 127 Å². The van der Waals surface area contributed by atoms with Crippen LogP contribution in [0.5, 0.6) is 0 Å². The van der Waals surface area contributed by atoms with Crippen LogP contribution in [0.1, 0.15) is 31.8 Å². The van der Waals surface area contributed by atoms with Crippen LogP contribution < -0.4 is 5.32 Å². The second-order valence-electron chi connectivity index (χ2n) is 9.88. The van der Waals surface area contributed by atoms with Crippen molar-refractivity contribution in [3.05, 3.63) is 150 Å². The highest BCUT2D eigenvalue weighted by Crippen LogP contribution is 2.32. The molecule has 0 heterocycles. The number of nitrogens with zero attached hydrogens (tertiary/aromatic N) is 1. The number of anilines is 1. The zero-order valence-corrected chi connectivity index (χ0v) is 22.7. The third-order valence-corrected chi connectivity index (χ3v) is 6.89. The van der Waals surface area contributed by atoms with E-state index in [1.165, 1.54) is 12.1 Å². The monoisotopic (exact) mass is 564 g/mol. The number of carbonyl (C=O) groups is 2. The van der Waals surface area contributed by atoms with E-state index >= 15 is 0 Å². The number of alkyl halides is 3. The zero-order valence-electron chi connectivity index (χ0n) is 22.7. The first-order valence-corrected chi connectivity index (χ1v) is 13.3. The fourth-order valence-corrected chi connectivity index (χ4v) is 4.70. The maximum atomic E-state index is 13.2. The minimum absolute atomic E-state index is 0.205. The van der Waals surface area contributed by atoms with Gasteiger partial charge in [0.15, 0.2) is 0 Å². The van der Waals surface area contributed by atoms with E-state index in [1.54, 1.807) is 60.5 Å². The molecule has 0 bridgehead atoms. The maximum absolute atomic E-state index is 13.2. The van der Waals surface area contributed by atoms with Gasteiger partial charge in [-0.3, -0.25) is 9.59 Å². The number of amides is 2. The molecule has 4 nitrogen and oxygen atoms in total. The van der Waals surface area contributed by atoms with Gasteiger partial charge in [-0.05, 0) is 64.2 Å². The van der Waals surface area contributed by atoms with E-state index in [0.717, 1.165) is 28.8 Å². The molecule has 1 N–H and O–H groups in total. The predicted molar refractivity (Wildman–Crippen MR) is 159 cm³/mol. The third-order valence-electron chi connectivity index (χ3n) is 6.89. The molecule has 0 radical (unpaired) electrons. The van der Waals surface area contributed by atoms with E-state index in [9.17, 15) is 22.8 Å². The van der Waals surface area contributed by atoms with E-state index in [-0.39, 0.29) is 5.91 Å².